The van der Waals surface area contributed by atoms with Crippen LogP contribution in [0.2, 0.25) is 15.1 Å². The molecule has 54 heavy (non-hydrogen) atoms. The molecule has 6 aromatic rings. The van der Waals surface area contributed by atoms with Crippen molar-refractivity contribution in [3.63, 3.8) is 0 Å². The number of hydrogen-bond acceptors (Lipinski definition) is 9. The lowest BCUT2D eigenvalue weighted by molar-refractivity contribution is 0.102. The lowest BCUT2D eigenvalue weighted by Gasteiger charge is -2.28. The normalized spacial score (nSPS) is 14.4. The van der Waals surface area contributed by atoms with Crippen LogP contribution in [0.25, 0.3) is 11.1 Å². The van der Waals surface area contributed by atoms with E-state index in [0.29, 0.717) is 55.8 Å². The van der Waals surface area contributed by atoms with Gasteiger partial charge in [-0.1, -0.05) is 65.1 Å². The number of nitrogens with zero attached hydrogens (tertiary/aromatic N) is 8. The van der Waals surface area contributed by atoms with E-state index in [1.54, 1.807) is 37.6 Å². The van der Waals surface area contributed by atoms with Gasteiger partial charge in [-0.2, -0.15) is 0 Å². The Bertz CT molecular complexity index is 2310. The zero-order chi connectivity index (χ0) is 37.2. The predicted molar refractivity (Wildman–Crippen MR) is 207 cm³/mol. The highest BCUT2D eigenvalue weighted by atomic mass is 35.5. The van der Waals surface area contributed by atoms with Crippen molar-refractivity contribution in [3.8, 4) is 22.8 Å². The molecule has 0 saturated carbocycles. The van der Waals surface area contributed by atoms with Crippen LogP contribution in [0.1, 0.15) is 39.0 Å². The van der Waals surface area contributed by atoms with Crippen LogP contribution in [-0.2, 0) is 45.9 Å². The number of hydrogen-bond donors (Lipinski definition) is 1. The van der Waals surface area contributed by atoms with Crippen LogP contribution in [0, 0.1) is 0 Å². The summed E-state index contributed by atoms with van der Waals surface area (Å²) in [5, 5.41) is 4.04. The minimum Gasteiger partial charge on any atom is -0.486 e. The molecule has 0 bridgehead atoms. The summed E-state index contributed by atoms with van der Waals surface area (Å²) in [4.78, 5) is 35.9. The molecular formula is C39H36Cl3N9O3. The topological polar surface area (TPSA) is 115 Å². The first-order chi connectivity index (χ1) is 26.3. The summed E-state index contributed by atoms with van der Waals surface area (Å²) in [6.07, 6.45) is 9.40. The van der Waals surface area contributed by atoms with E-state index in [-0.39, 0.29) is 18.2 Å². The number of nitrogens with one attached hydrogen (secondary N) is 1. The molecule has 1 N–H and O–H groups in total. The van der Waals surface area contributed by atoms with Gasteiger partial charge in [0.15, 0.2) is 0 Å². The van der Waals surface area contributed by atoms with Crippen molar-refractivity contribution in [3.05, 3.63) is 135 Å². The zero-order valence-electron chi connectivity index (χ0n) is 29.4. The van der Waals surface area contributed by atoms with Gasteiger partial charge < -0.3 is 23.9 Å². The number of methoxy groups -OCH3 is 1. The minimum atomic E-state index is -0.377. The van der Waals surface area contributed by atoms with Crippen LogP contribution in [0.3, 0.4) is 0 Å². The molecule has 0 saturated heterocycles. The van der Waals surface area contributed by atoms with Gasteiger partial charge in [-0.15, -0.1) is 0 Å². The highest BCUT2D eigenvalue weighted by Gasteiger charge is 2.22. The number of pyridine rings is 2. The van der Waals surface area contributed by atoms with Gasteiger partial charge in [0.1, 0.15) is 35.4 Å². The molecule has 0 spiro atoms. The van der Waals surface area contributed by atoms with Gasteiger partial charge >= 0.3 is 0 Å². The third-order valence-corrected chi connectivity index (χ3v) is 10.8. The van der Waals surface area contributed by atoms with Crippen LogP contribution < -0.4 is 14.8 Å². The number of carbonyl (C=O) groups excluding carboxylic acids is 1. The fourth-order valence-corrected chi connectivity index (χ4v) is 7.59. The Morgan fingerprint density at radius 3 is 2.19 bits per heavy atom. The molecule has 2 aliphatic rings. The summed E-state index contributed by atoms with van der Waals surface area (Å²) >= 11 is 20.5. The van der Waals surface area contributed by atoms with Crippen molar-refractivity contribution < 1.29 is 14.3 Å². The van der Waals surface area contributed by atoms with Gasteiger partial charge in [-0.25, -0.2) is 15.0 Å². The summed E-state index contributed by atoms with van der Waals surface area (Å²) in [6, 6.07) is 16.3. The number of halogens is 3. The molecule has 4 aromatic heterocycles. The summed E-state index contributed by atoms with van der Waals surface area (Å²) in [5.74, 6) is 2.60. The maximum absolute atomic E-state index is 13.3. The second-order valence-corrected chi connectivity index (χ2v) is 14.3. The highest BCUT2D eigenvalue weighted by molar-refractivity contribution is 6.39. The van der Waals surface area contributed by atoms with Crippen LogP contribution >= 0.6 is 34.8 Å². The molecule has 276 valence electrons. The molecule has 2 aromatic carbocycles. The van der Waals surface area contributed by atoms with E-state index < -0.39 is 0 Å². The highest BCUT2D eigenvalue weighted by Crippen LogP contribution is 2.41. The van der Waals surface area contributed by atoms with Crippen molar-refractivity contribution >= 4 is 46.4 Å². The van der Waals surface area contributed by atoms with Crippen molar-refractivity contribution in [2.45, 2.75) is 45.9 Å². The van der Waals surface area contributed by atoms with E-state index in [2.05, 4.69) is 44.2 Å². The molecule has 0 fully saturated rings. The number of anilines is 1. The largest absolute Gasteiger partial charge is 0.486 e. The molecular weight excluding hydrogens is 749 g/mol. The van der Waals surface area contributed by atoms with Crippen molar-refractivity contribution in [2.75, 3.05) is 25.5 Å². The van der Waals surface area contributed by atoms with E-state index in [4.69, 9.17) is 44.3 Å². The summed E-state index contributed by atoms with van der Waals surface area (Å²) in [5.41, 5.74) is 4.36. The van der Waals surface area contributed by atoms with Crippen LogP contribution in [0.4, 0.5) is 5.69 Å². The number of carbonyl (C=O) groups is 1. The second-order valence-electron chi connectivity index (χ2n) is 13.2. The lowest BCUT2D eigenvalue weighted by atomic mass is 10.0. The number of ether oxygens (including phenoxy) is 2. The molecule has 15 heteroatoms. The number of benzene rings is 2. The van der Waals surface area contributed by atoms with Gasteiger partial charge in [-0.05, 0) is 29.8 Å². The number of imidazole rings is 2. The Morgan fingerprint density at radius 1 is 0.815 bits per heavy atom. The molecule has 0 radical (unpaired) electrons. The van der Waals surface area contributed by atoms with E-state index in [1.165, 1.54) is 0 Å². The summed E-state index contributed by atoms with van der Waals surface area (Å²) < 4.78 is 16.2. The lowest BCUT2D eigenvalue weighted by Crippen LogP contribution is -2.33. The third-order valence-electron chi connectivity index (χ3n) is 9.65. The van der Waals surface area contributed by atoms with Crippen LogP contribution in [0.15, 0.2) is 85.6 Å². The average Bonchev–Trinajstić information content (AvgIpc) is 3.86. The zero-order valence-corrected chi connectivity index (χ0v) is 31.7. The Kier molecular flexibility index (Phi) is 10.5. The monoisotopic (exact) mass is 783 g/mol. The van der Waals surface area contributed by atoms with E-state index in [9.17, 15) is 4.79 Å². The van der Waals surface area contributed by atoms with Crippen molar-refractivity contribution in [1.82, 2.24) is 38.9 Å². The maximum atomic E-state index is 13.3. The van der Waals surface area contributed by atoms with Gasteiger partial charge in [0.05, 0.1) is 41.0 Å². The van der Waals surface area contributed by atoms with Gasteiger partial charge in [-0.3, -0.25) is 19.6 Å². The fourth-order valence-electron chi connectivity index (χ4n) is 6.80. The number of aromatic nitrogens is 6. The molecule has 0 aliphatic carbocycles. The first kappa shape index (κ1) is 36.0. The molecule has 8 rings (SSSR count). The quantitative estimate of drug-likeness (QED) is 0.144. The Labute approximate surface area is 327 Å². The molecule has 6 heterocycles. The SMILES string of the molecule is COc1nc(COc2cccc(-c3cccc(NC(=O)c4ccc(CN5CCn6ccnc6C5)cn4)c3Cl)c2Cl)c(Cl)cc1CN1CCn2ccnc2C1. The molecule has 2 aliphatic heterocycles. The Morgan fingerprint density at radius 2 is 1.50 bits per heavy atom. The molecule has 0 atom stereocenters. The van der Waals surface area contributed by atoms with Gasteiger partial charge in [0.2, 0.25) is 5.88 Å². The minimum absolute atomic E-state index is 0.0544. The first-order valence-corrected chi connectivity index (χ1v) is 18.6. The maximum Gasteiger partial charge on any atom is 0.274 e. The smallest absolute Gasteiger partial charge is 0.274 e. The van der Waals surface area contributed by atoms with Gasteiger partial charge in [0, 0.05) is 86.9 Å². The standard InChI is InChI=1S/C39H36Cl3N9O3/c1-53-39-26(21-49-15-17-51-13-11-44-35(51)23-49)18-29(40)32(47-39)24-54-33-7-3-5-28(37(33)42)27-4-2-6-30(36(27)41)46-38(52)31-9-8-25(19-45-31)20-48-14-16-50-12-10-43-34(50)22-48/h2-13,18-19H,14-17,20-24H2,1H3,(H,46,52). The molecule has 1 amide bonds. The average molecular weight is 785 g/mol. The first-order valence-electron chi connectivity index (χ1n) is 17.5. The van der Waals surface area contributed by atoms with Crippen LogP contribution in [0.5, 0.6) is 11.6 Å². The van der Waals surface area contributed by atoms with E-state index in [1.807, 2.05) is 55.1 Å². The Balaban J connectivity index is 0.920. The van der Waals surface area contributed by atoms with Crippen LogP contribution in [-0.4, -0.2) is 65.0 Å². The summed E-state index contributed by atoms with van der Waals surface area (Å²) in [6.45, 7) is 6.46. The fraction of sp³-hybridized carbons (Fsp3) is 0.256. The number of rotatable bonds is 11. The van der Waals surface area contributed by atoms with E-state index >= 15 is 0 Å². The van der Waals surface area contributed by atoms with Crippen molar-refractivity contribution in [2.24, 2.45) is 0 Å². The van der Waals surface area contributed by atoms with E-state index in [0.717, 1.165) is 68.6 Å². The second kappa shape index (κ2) is 15.8. The Hall–Kier alpha value is -4.98. The molecule has 0 unspecified atom stereocenters. The van der Waals surface area contributed by atoms with Crippen molar-refractivity contribution in [1.29, 1.82) is 0 Å². The molecule has 12 nitrogen and oxygen atoms in total. The third kappa shape index (κ3) is 7.66. The predicted octanol–water partition coefficient (Wildman–Crippen LogP) is 7.37. The number of fused-ring (bicyclic) bond motifs is 2. The van der Waals surface area contributed by atoms with Gasteiger partial charge in [0.25, 0.3) is 5.91 Å². The summed E-state index contributed by atoms with van der Waals surface area (Å²) in [7, 11) is 1.59. The number of amides is 1.